The average molecular weight is 271 g/mol. The van der Waals surface area contributed by atoms with Crippen molar-refractivity contribution in [3.63, 3.8) is 0 Å². The fourth-order valence-corrected chi connectivity index (χ4v) is 1.70. The van der Waals surface area contributed by atoms with Gasteiger partial charge < -0.3 is 12.4 Å². The second kappa shape index (κ2) is 5.96. The first kappa shape index (κ1) is 13.9. The van der Waals surface area contributed by atoms with Crippen LogP contribution >= 0.6 is 11.6 Å². The lowest BCUT2D eigenvalue weighted by Gasteiger charge is -2.13. The van der Waals surface area contributed by atoms with E-state index in [1.165, 1.54) is 0 Å². The molecule has 0 saturated carbocycles. The molecule has 90 valence electrons. The average Bonchev–Trinajstić information content (AvgIpc) is 2.81. The Morgan fingerprint density at radius 3 is 2.53 bits per heavy atom. The number of rotatable bonds is 3. The van der Waals surface area contributed by atoms with Gasteiger partial charge in [0.25, 0.3) is 0 Å². The van der Waals surface area contributed by atoms with Crippen LogP contribution in [0.25, 0.3) is 0 Å². The van der Waals surface area contributed by atoms with Crippen LogP contribution in [0.5, 0.6) is 0 Å². The Labute approximate surface area is 111 Å². The van der Waals surface area contributed by atoms with Gasteiger partial charge in [-0.05, 0) is 31.2 Å². The largest absolute Gasteiger partial charge is 1.00 e. The number of carbonyl (C=O) groups excluding carboxylic acids is 1. The Balaban J connectivity index is 0.00000144. The molecule has 0 amide bonds. The van der Waals surface area contributed by atoms with Gasteiger partial charge in [0.1, 0.15) is 6.20 Å². The van der Waals surface area contributed by atoms with E-state index in [0.717, 1.165) is 4.90 Å². The quantitative estimate of drug-likeness (QED) is 0.654. The molecule has 5 heteroatoms. The van der Waals surface area contributed by atoms with Gasteiger partial charge in [0.2, 0.25) is 5.78 Å². The first-order valence-electron chi connectivity index (χ1n) is 5.05. The summed E-state index contributed by atoms with van der Waals surface area (Å²) in [6, 6.07) is 6.79. The summed E-state index contributed by atoms with van der Waals surface area (Å²) in [5.74, 6) is 0.0877. The van der Waals surface area contributed by atoms with Crippen LogP contribution in [-0.4, -0.2) is 18.2 Å². The van der Waals surface area contributed by atoms with Crippen molar-refractivity contribution in [1.29, 1.82) is 0 Å². The van der Waals surface area contributed by atoms with E-state index in [4.69, 9.17) is 11.6 Å². The minimum Gasteiger partial charge on any atom is -1.00 e. The number of hydrogen-bond acceptors (Lipinski definition) is 2. The van der Waals surface area contributed by atoms with Crippen molar-refractivity contribution in [2.45, 2.75) is 13.0 Å². The van der Waals surface area contributed by atoms with Crippen LogP contribution in [0.4, 0.5) is 0 Å². The van der Waals surface area contributed by atoms with Crippen molar-refractivity contribution >= 4 is 23.7 Å². The molecule has 0 bridgehead atoms. The highest BCUT2D eigenvalue weighted by Gasteiger charge is 2.24. The molecule has 3 nitrogen and oxygen atoms in total. The van der Waals surface area contributed by atoms with Gasteiger partial charge in [0.05, 0.1) is 6.20 Å². The molecule has 0 fully saturated rings. The number of nitrogens with one attached hydrogen (secondary N) is 1. The number of nitrogens with zero attached hydrogens (tertiary/aromatic N) is 1. The van der Waals surface area contributed by atoms with Gasteiger partial charge in [0, 0.05) is 10.6 Å². The van der Waals surface area contributed by atoms with E-state index in [1.54, 1.807) is 36.8 Å². The van der Waals surface area contributed by atoms with Crippen LogP contribution in [0, 0.1) is 0 Å². The maximum atomic E-state index is 12.1. The number of benzene rings is 1. The molecule has 0 aliphatic carbocycles. The molecule has 2 rings (SSSR count). The monoisotopic (exact) mass is 270 g/mol. The third kappa shape index (κ3) is 3.16. The highest BCUT2D eigenvalue weighted by molar-refractivity contribution is 6.30. The van der Waals surface area contributed by atoms with Crippen LogP contribution < -0.4 is 17.3 Å². The van der Waals surface area contributed by atoms with E-state index in [2.05, 4.69) is 4.99 Å². The summed E-state index contributed by atoms with van der Waals surface area (Å²) >= 11 is 5.77. The molecule has 1 aromatic carbocycles. The number of quaternary nitrogens is 1. The van der Waals surface area contributed by atoms with Crippen molar-refractivity contribution in [3.8, 4) is 0 Å². The molecule has 0 saturated heterocycles. The van der Waals surface area contributed by atoms with E-state index in [1.807, 2.05) is 13.1 Å². The fraction of sp³-hybridized carbons (Fsp3) is 0.167. The van der Waals surface area contributed by atoms with Crippen molar-refractivity contribution in [2.75, 3.05) is 0 Å². The van der Waals surface area contributed by atoms with Crippen LogP contribution in [0.3, 0.4) is 0 Å². The lowest BCUT2D eigenvalue weighted by atomic mass is 10.1. The van der Waals surface area contributed by atoms with Crippen LogP contribution in [0.1, 0.15) is 17.3 Å². The van der Waals surface area contributed by atoms with Gasteiger partial charge >= 0.3 is 0 Å². The summed E-state index contributed by atoms with van der Waals surface area (Å²) in [5, 5.41) is 0.638. The number of carbonyl (C=O) groups is 1. The van der Waals surface area contributed by atoms with E-state index in [9.17, 15) is 4.79 Å². The molecule has 1 aliphatic heterocycles. The zero-order valence-corrected chi connectivity index (χ0v) is 10.7. The molecule has 17 heavy (non-hydrogen) atoms. The Bertz CT molecular complexity index is 442. The number of ketones is 1. The van der Waals surface area contributed by atoms with Crippen molar-refractivity contribution in [1.82, 2.24) is 0 Å². The van der Waals surface area contributed by atoms with Crippen molar-refractivity contribution in [3.05, 3.63) is 47.3 Å². The summed E-state index contributed by atoms with van der Waals surface area (Å²) in [4.78, 5) is 17.0. The maximum Gasteiger partial charge on any atom is 0.220 e. The highest BCUT2D eigenvalue weighted by atomic mass is 35.5. The van der Waals surface area contributed by atoms with Crippen molar-refractivity contribution in [2.24, 2.45) is 4.99 Å². The summed E-state index contributed by atoms with van der Waals surface area (Å²) < 4.78 is 0. The third-order valence-corrected chi connectivity index (χ3v) is 2.85. The fourth-order valence-electron chi connectivity index (χ4n) is 1.57. The SMILES string of the molecule is CC(C(=O)c1ccc(Cl)cc1)[NH+]1C=CN=C1.[Cl-]. The summed E-state index contributed by atoms with van der Waals surface area (Å²) in [5.41, 5.74) is 0.679. The van der Waals surface area contributed by atoms with Crippen LogP contribution in [0.15, 0.2) is 41.7 Å². The summed E-state index contributed by atoms with van der Waals surface area (Å²) in [6.45, 7) is 1.88. The predicted octanol–water partition coefficient (Wildman–Crippen LogP) is -1.69. The molecule has 1 aromatic rings. The molecule has 1 heterocycles. The molecule has 0 radical (unpaired) electrons. The lowest BCUT2D eigenvalue weighted by Crippen LogP contribution is -3.10. The Kier molecular flexibility index (Phi) is 4.87. The number of aliphatic imine (C=N–C) groups is 1. The Hall–Kier alpha value is -1.16. The normalized spacial score (nSPS) is 18.8. The summed E-state index contributed by atoms with van der Waals surface area (Å²) in [6.07, 6.45) is 5.28. The Morgan fingerprint density at radius 2 is 2.00 bits per heavy atom. The zero-order chi connectivity index (χ0) is 11.5. The molecule has 0 aromatic heterocycles. The van der Waals surface area contributed by atoms with Crippen LogP contribution in [-0.2, 0) is 0 Å². The highest BCUT2D eigenvalue weighted by Crippen LogP contribution is 2.10. The van der Waals surface area contributed by atoms with Gasteiger partial charge in [-0.2, -0.15) is 0 Å². The van der Waals surface area contributed by atoms with E-state index >= 15 is 0 Å². The Morgan fingerprint density at radius 1 is 1.35 bits per heavy atom. The molecule has 1 aliphatic rings. The standard InChI is InChI=1S/C12H11ClN2O.ClH/c1-9(15-7-6-14-8-15)12(16)10-2-4-11(13)5-3-10;/h2-9H,1H3;1H. The van der Waals surface area contributed by atoms with Gasteiger partial charge in [-0.3, -0.25) is 9.69 Å². The molecule has 0 spiro atoms. The molecular formula is C12H12Cl2N2O. The molecule has 1 N–H and O–H groups in total. The second-order valence-electron chi connectivity index (χ2n) is 3.69. The van der Waals surface area contributed by atoms with Crippen LogP contribution in [0.2, 0.25) is 5.02 Å². The first-order valence-corrected chi connectivity index (χ1v) is 5.42. The van der Waals surface area contributed by atoms with E-state index in [-0.39, 0.29) is 24.2 Å². The zero-order valence-electron chi connectivity index (χ0n) is 9.23. The van der Waals surface area contributed by atoms with Gasteiger partial charge in [-0.15, -0.1) is 0 Å². The lowest BCUT2D eigenvalue weighted by molar-refractivity contribution is -0.753. The smallest absolute Gasteiger partial charge is 0.220 e. The minimum absolute atomic E-state index is 0. The predicted molar refractivity (Wildman–Crippen MR) is 63.8 cm³/mol. The van der Waals surface area contributed by atoms with E-state index in [0.29, 0.717) is 10.6 Å². The third-order valence-electron chi connectivity index (χ3n) is 2.60. The second-order valence-corrected chi connectivity index (χ2v) is 4.12. The van der Waals surface area contributed by atoms with Gasteiger partial charge in [-0.1, -0.05) is 11.6 Å². The molecule has 2 unspecified atom stereocenters. The first-order chi connectivity index (χ1) is 7.68. The van der Waals surface area contributed by atoms with E-state index < -0.39 is 0 Å². The minimum atomic E-state index is -0.163. The molecule has 2 atom stereocenters. The van der Waals surface area contributed by atoms with Gasteiger partial charge in [-0.25, -0.2) is 4.99 Å². The number of hydrogen-bond donors (Lipinski definition) is 1. The number of Topliss-reactive ketones (excluding diaryl/α,β-unsaturated/α-hetero) is 1. The topological polar surface area (TPSA) is 33.9 Å². The van der Waals surface area contributed by atoms with Gasteiger partial charge in [0.15, 0.2) is 12.4 Å². The van der Waals surface area contributed by atoms with Crippen molar-refractivity contribution < 1.29 is 22.1 Å². The summed E-state index contributed by atoms with van der Waals surface area (Å²) in [7, 11) is 0. The number of halogens is 2. The maximum absolute atomic E-state index is 12.1. The molecular weight excluding hydrogens is 259 g/mol.